The number of furan rings is 1. The fourth-order valence-corrected chi connectivity index (χ4v) is 2.57. The van der Waals surface area contributed by atoms with Crippen LogP contribution in [0.4, 0.5) is 0 Å². The van der Waals surface area contributed by atoms with Gasteiger partial charge in [0.05, 0.1) is 6.04 Å². The fraction of sp³-hybridized carbons (Fsp3) is 0.556. The Bertz CT molecular complexity index is 598. The molecule has 0 aliphatic carbocycles. The number of nitrogens with one attached hydrogen (secondary N) is 1. The highest BCUT2D eigenvalue weighted by Gasteiger charge is 2.34. The summed E-state index contributed by atoms with van der Waals surface area (Å²) >= 11 is 0. The number of nitrogens with zero attached hydrogens (tertiary/aromatic N) is 1. The minimum atomic E-state index is -0.0297. The highest BCUT2D eigenvalue weighted by Crippen LogP contribution is 2.33. The first-order valence-electron chi connectivity index (χ1n) is 7.77. The van der Waals surface area contributed by atoms with Gasteiger partial charge in [0, 0.05) is 10.9 Å². The van der Waals surface area contributed by atoms with E-state index in [1.807, 2.05) is 0 Å². The van der Waals surface area contributed by atoms with Gasteiger partial charge in [0.1, 0.15) is 11.3 Å². The molecule has 0 saturated carbocycles. The van der Waals surface area contributed by atoms with Crippen molar-refractivity contribution in [2.75, 3.05) is 20.6 Å². The molecule has 1 unspecified atom stereocenters. The van der Waals surface area contributed by atoms with Gasteiger partial charge in [-0.05, 0) is 66.0 Å². The molecular weight excluding hydrogens is 260 g/mol. The molecule has 1 heterocycles. The average molecular weight is 288 g/mol. The Balaban J connectivity index is 2.42. The van der Waals surface area contributed by atoms with Gasteiger partial charge < -0.3 is 14.6 Å². The molecule has 0 aliphatic heterocycles. The van der Waals surface area contributed by atoms with Crippen LogP contribution >= 0.6 is 0 Å². The van der Waals surface area contributed by atoms with Crippen molar-refractivity contribution < 1.29 is 4.42 Å². The molecule has 1 N–H and O–H groups in total. The molecule has 3 nitrogen and oxygen atoms in total. The van der Waals surface area contributed by atoms with Gasteiger partial charge >= 0.3 is 0 Å². The molecule has 1 aromatic carbocycles. The number of benzene rings is 1. The number of fused-ring (bicyclic) bond motifs is 1. The lowest BCUT2D eigenvalue weighted by atomic mass is 9.91. The van der Waals surface area contributed by atoms with Gasteiger partial charge in [-0.2, -0.15) is 0 Å². The minimum Gasteiger partial charge on any atom is -0.459 e. The van der Waals surface area contributed by atoms with Crippen molar-refractivity contribution in [1.29, 1.82) is 0 Å². The highest BCUT2D eigenvalue weighted by molar-refractivity contribution is 5.78. The van der Waals surface area contributed by atoms with E-state index in [0.29, 0.717) is 0 Å². The lowest BCUT2D eigenvalue weighted by molar-refractivity contribution is 0.126. The molecule has 21 heavy (non-hydrogen) atoms. The molecule has 0 amide bonds. The van der Waals surface area contributed by atoms with Crippen molar-refractivity contribution >= 4 is 11.0 Å². The molecule has 2 rings (SSSR count). The third-order valence-corrected chi connectivity index (χ3v) is 4.43. The summed E-state index contributed by atoms with van der Waals surface area (Å²) in [5.41, 5.74) is 2.20. The standard InChI is InChI=1S/C18H28N2O/c1-7-10-19-17(18(3,4)20(5)6)16-12-14-11-13(2)8-9-15(14)21-16/h8-9,11-12,17,19H,7,10H2,1-6H3. The average Bonchev–Trinajstić information content (AvgIpc) is 2.81. The normalized spacial score (nSPS) is 14.0. The van der Waals surface area contributed by atoms with E-state index in [0.717, 1.165) is 24.3 Å². The number of hydrogen-bond acceptors (Lipinski definition) is 3. The van der Waals surface area contributed by atoms with E-state index in [1.165, 1.54) is 10.9 Å². The van der Waals surface area contributed by atoms with Crippen LogP contribution in [-0.4, -0.2) is 31.1 Å². The summed E-state index contributed by atoms with van der Waals surface area (Å²) < 4.78 is 6.13. The number of aryl methyl sites for hydroxylation is 1. The summed E-state index contributed by atoms with van der Waals surface area (Å²) in [5, 5.41) is 4.83. The van der Waals surface area contributed by atoms with Crippen molar-refractivity contribution in [1.82, 2.24) is 10.2 Å². The van der Waals surface area contributed by atoms with Crippen LogP contribution in [-0.2, 0) is 0 Å². The molecule has 0 fully saturated rings. The van der Waals surface area contributed by atoms with Crippen LogP contribution in [0.25, 0.3) is 11.0 Å². The van der Waals surface area contributed by atoms with E-state index in [1.54, 1.807) is 0 Å². The monoisotopic (exact) mass is 288 g/mol. The van der Waals surface area contributed by atoms with Crippen molar-refractivity contribution in [3.63, 3.8) is 0 Å². The minimum absolute atomic E-state index is 0.0297. The summed E-state index contributed by atoms with van der Waals surface area (Å²) in [7, 11) is 4.24. The Morgan fingerprint density at radius 2 is 1.95 bits per heavy atom. The van der Waals surface area contributed by atoms with E-state index in [9.17, 15) is 0 Å². The van der Waals surface area contributed by atoms with E-state index < -0.39 is 0 Å². The molecule has 0 saturated heterocycles. The molecule has 1 atom stereocenters. The van der Waals surface area contributed by atoms with Crippen molar-refractivity contribution in [2.24, 2.45) is 0 Å². The van der Waals surface area contributed by atoms with Gasteiger partial charge in [0.2, 0.25) is 0 Å². The Morgan fingerprint density at radius 3 is 2.57 bits per heavy atom. The first-order valence-corrected chi connectivity index (χ1v) is 7.77. The van der Waals surface area contributed by atoms with E-state index in [4.69, 9.17) is 4.42 Å². The maximum atomic E-state index is 6.13. The molecule has 0 spiro atoms. The Kier molecular flexibility index (Phi) is 4.74. The summed E-state index contributed by atoms with van der Waals surface area (Å²) in [4.78, 5) is 2.25. The number of rotatable bonds is 6. The SMILES string of the molecule is CCCNC(c1cc2cc(C)ccc2o1)C(C)(C)N(C)C. The van der Waals surface area contributed by atoms with Gasteiger partial charge in [0.25, 0.3) is 0 Å². The van der Waals surface area contributed by atoms with Crippen molar-refractivity contribution in [3.8, 4) is 0 Å². The predicted molar refractivity (Wildman–Crippen MR) is 89.8 cm³/mol. The zero-order valence-corrected chi connectivity index (χ0v) is 14.2. The smallest absolute Gasteiger partial charge is 0.134 e. The van der Waals surface area contributed by atoms with Crippen LogP contribution in [0.1, 0.15) is 44.6 Å². The van der Waals surface area contributed by atoms with Gasteiger partial charge in [-0.3, -0.25) is 0 Å². The fourth-order valence-electron chi connectivity index (χ4n) is 2.57. The van der Waals surface area contributed by atoms with Crippen molar-refractivity contribution in [2.45, 2.75) is 45.7 Å². The second-order valence-corrected chi connectivity index (χ2v) is 6.63. The lowest BCUT2D eigenvalue weighted by Crippen LogP contribution is -2.49. The largest absolute Gasteiger partial charge is 0.459 e. The van der Waals surface area contributed by atoms with Crippen LogP contribution in [0.3, 0.4) is 0 Å². The summed E-state index contributed by atoms with van der Waals surface area (Å²) in [5.74, 6) is 1.02. The van der Waals surface area contributed by atoms with Crippen LogP contribution < -0.4 is 5.32 Å². The molecule has 116 valence electrons. The van der Waals surface area contributed by atoms with Gasteiger partial charge in [0.15, 0.2) is 0 Å². The lowest BCUT2D eigenvalue weighted by Gasteiger charge is -2.39. The zero-order chi connectivity index (χ0) is 15.6. The van der Waals surface area contributed by atoms with Crippen molar-refractivity contribution in [3.05, 3.63) is 35.6 Å². The molecule has 3 heteroatoms. The number of hydrogen-bond donors (Lipinski definition) is 1. The third kappa shape index (κ3) is 3.30. The van der Waals surface area contributed by atoms with E-state index in [-0.39, 0.29) is 11.6 Å². The maximum absolute atomic E-state index is 6.13. The Hall–Kier alpha value is -1.32. The maximum Gasteiger partial charge on any atom is 0.134 e. The Labute approximate surface area is 128 Å². The van der Waals surface area contributed by atoms with Gasteiger partial charge in [-0.25, -0.2) is 0 Å². The summed E-state index contributed by atoms with van der Waals surface area (Å²) in [6.45, 7) is 9.78. The molecule has 1 aromatic heterocycles. The van der Waals surface area contributed by atoms with Gasteiger partial charge in [-0.1, -0.05) is 18.6 Å². The zero-order valence-electron chi connectivity index (χ0n) is 14.2. The van der Waals surface area contributed by atoms with Crippen LogP contribution in [0.2, 0.25) is 0 Å². The molecule has 0 aliphatic rings. The molecule has 0 bridgehead atoms. The Morgan fingerprint density at radius 1 is 1.24 bits per heavy atom. The van der Waals surface area contributed by atoms with Crippen LogP contribution in [0, 0.1) is 6.92 Å². The van der Waals surface area contributed by atoms with E-state index >= 15 is 0 Å². The van der Waals surface area contributed by atoms with Crippen LogP contribution in [0.15, 0.2) is 28.7 Å². The topological polar surface area (TPSA) is 28.4 Å². The van der Waals surface area contributed by atoms with E-state index in [2.05, 4.69) is 76.3 Å². The predicted octanol–water partition coefficient (Wildman–Crippen LogP) is 4.12. The molecular formula is C18H28N2O. The summed E-state index contributed by atoms with van der Waals surface area (Å²) in [6, 6.07) is 8.69. The molecule has 2 aromatic rings. The third-order valence-electron chi connectivity index (χ3n) is 4.43. The first-order chi connectivity index (χ1) is 9.86. The highest BCUT2D eigenvalue weighted by atomic mass is 16.3. The summed E-state index contributed by atoms with van der Waals surface area (Å²) in [6.07, 6.45) is 1.11. The van der Waals surface area contributed by atoms with Gasteiger partial charge in [-0.15, -0.1) is 0 Å². The number of likely N-dealkylation sites (N-methyl/N-ethyl adjacent to an activating group) is 1. The second-order valence-electron chi connectivity index (χ2n) is 6.63. The van der Waals surface area contributed by atoms with Crippen LogP contribution in [0.5, 0.6) is 0 Å². The first kappa shape index (κ1) is 16.1. The quantitative estimate of drug-likeness (QED) is 0.866. The molecule has 0 radical (unpaired) electrons. The second kappa shape index (κ2) is 6.20.